The summed E-state index contributed by atoms with van der Waals surface area (Å²) in [7, 11) is 0. The van der Waals surface area contributed by atoms with Gasteiger partial charge in [-0.3, -0.25) is 10.1 Å². The maximum Gasteiger partial charge on any atom is 0.342 e. The minimum atomic E-state index is -1.42. The summed E-state index contributed by atoms with van der Waals surface area (Å²) in [6.45, 7) is 0. The zero-order valence-corrected chi connectivity index (χ0v) is 10.9. The molecule has 2 N–H and O–H groups in total. The van der Waals surface area contributed by atoms with Crippen molar-refractivity contribution in [3.8, 4) is 11.5 Å². The fourth-order valence-electron chi connectivity index (χ4n) is 1.74. The molecule has 0 aliphatic heterocycles. The van der Waals surface area contributed by atoms with Gasteiger partial charge in [0.05, 0.1) is 16.6 Å². The van der Waals surface area contributed by atoms with Gasteiger partial charge in [-0.15, -0.1) is 0 Å². The van der Waals surface area contributed by atoms with Crippen LogP contribution in [0.25, 0.3) is 0 Å². The molecule has 0 saturated carbocycles. The first-order chi connectivity index (χ1) is 10.4. The molecular formula is C14H9NO7. The van der Waals surface area contributed by atoms with Crippen molar-refractivity contribution in [2.45, 2.75) is 0 Å². The molecule has 0 aromatic heterocycles. The largest absolute Gasteiger partial charge is 0.478 e. The van der Waals surface area contributed by atoms with E-state index in [0.29, 0.717) is 0 Å². The number of hydrogen-bond acceptors (Lipinski definition) is 5. The molecule has 0 amide bonds. The summed E-state index contributed by atoms with van der Waals surface area (Å²) >= 11 is 0. The highest BCUT2D eigenvalue weighted by molar-refractivity contribution is 5.92. The molecule has 0 bridgehead atoms. The lowest BCUT2D eigenvalue weighted by molar-refractivity contribution is -0.385. The van der Waals surface area contributed by atoms with Crippen LogP contribution in [0.15, 0.2) is 42.5 Å². The lowest BCUT2D eigenvalue weighted by Crippen LogP contribution is -2.02. The monoisotopic (exact) mass is 303 g/mol. The number of ether oxygens (including phenoxy) is 1. The Labute approximate surface area is 123 Å². The predicted octanol–water partition coefficient (Wildman–Crippen LogP) is 2.78. The van der Waals surface area contributed by atoms with Gasteiger partial charge in [0, 0.05) is 0 Å². The van der Waals surface area contributed by atoms with Gasteiger partial charge in [-0.1, -0.05) is 6.07 Å². The molecule has 2 aromatic rings. The zero-order chi connectivity index (χ0) is 16.3. The molecule has 8 nitrogen and oxygen atoms in total. The zero-order valence-electron chi connectivity index (χ0n) is 10.9. The molecule has 2 aromatic carbocycles. The average Bonchev–Trinajstić information content (AvgIpc) is 2.47. The maximum atomic E-state index is 10.9. The molecule has 0 aliphatic carbocycles. The SMILES string of the molecule is O=C(O)c1cccc(Oc2ccc(C(=O)O)c([N+](=O)[O-])c2)c1. The Morgan fingerprint density at radius 2 is 1.68 bits per heavy atom. The number of benzene rings is 2. The number of carboxylic acid groups (broad SMARTS) is 2. The number of rotatable bonds is 5. The van der Waals surface area contributed by atoms with Crippen LogP contribution in [-0.4, -0.2) is 27.1 Å². The van der Waals surface area contributed by atoms with Crippen LogP contribution in [0.2, 0.25) is 0 Å². The molecule has 112 valence electrons. The Kier molecular flexibility index (Phi) is 4.03. The summed E-state index contributed by atoms with van der Waals surface area (Å²) in [5.41, 5.74) is -1.08. The van der Waals surface area contributed by atoms with Crippen molar-refractivity contribution in [1.82, 2.24) is 0 Å². The molecule has 0 radical (unpaired) electrons. The lowest BCUT2D eigenvalue weighted by Gasteiger charge is -2.07. The minimum Gasteiger partial charge on any atom is -0.478 e. The molecule has 0 aliphatic rings. The van der Waals surface area contributed by atoms with Crippen molar-refractivity contribution < 1.29 is 29.5 Å². The Morgan fingerprint density at radius 1 is 1.00 bits per heavy atom. The van der Waals surface area contributed by atoms with E-state index < -0.39 is 28.1 Å². The number of carbonyl (C=O) groups is 2. The first-order valence-corrected chi connectivity index (χ1v) is 5.91. The molecular weight excluding hydrogens is 294 g/mol. The van der Waals surface area contributed by atoms with Gasteiger partial charge in [0.25, 0.3) is 5.69 Å². The summed E-state index contributed by atoms with van der Waals surface area (Å²) in [6.07, 6.45) is 0. The van der Waals surface area contributed by atoms with Gasteiger partial charge >= 0.3 is 11.9 Å². The molecule has 0 spiro atoms. The summed E-state index contributed by atoms with van der Waals surface area (Å²) < 4.78 is 5.33. The number of nitrogens with zero attached hydrogens (tertiary/aromatic N) is 1. The second-order valence-corrected chi connectivity index (χ2v) is 4.18. The molecule has 0 saturated heterocycles. The third kappa shape index (κ3) is 3.18. The van der Waals surface area contributed by atoms with E-state index in [0.717, 1.165) is 12.1 Å². The topological polar surface area (TPSA) is 127 Å². The van der Waals surface area contributed by atoms with Gasteiger partial charge in [-0.2, -0.15) is 0 Å². The van der Waals surface area contributed by atoms with Gasteiger partial charge < -0.3 is 14.9 Å². The van der Waals surface area contributed by atoms with E-state index in [1.54, 1.807) is 0 Å². The van der Waals surface area contributed by atoms with Crippen molar-refractivity contribution in [3.05, 3.63) is 63.7 Å². The van der Waals surface area contributed by atoms with Crippen LogP contribution in [-0.2, 0) is 0 Å². The molecule has 8 heteroatoms. The van der Waals surface area contributed by atoms with E-state index in [-0.39, 0.29) is 17.1 Å². The highest BCUT2D eigenvalue weighted by Gasteiger charge is 2.20. The molecule has 0 unspecified atom stereocenters. The summed E-state index contributed by atoms with van der Waals surface area (Å²) in [5, 5.41) is 28.6. The van der Waals surface area contributed by atoms with Crippen molar-refractivity contribution in [2.24, 2.45) is 0 Å². The van der Waals surface area contributed by atoms with E-state index in [2.05, 4.69) is 0 Å². The lowest BCUT2D eigenvalue weighted by atomic mass is 10.1. The van der Waals surface area contributed by atoms with Crippen LogP contribution in [0.3, 0.4) is 0 Å². The first-order valence-electron chi connectivity index (χ1n) is 5.91. The van der Waals surface area contributed by atoms with Gasteiger partial charge in [-0.25, -0.2) is 9.59 Å². The van der Waals surface area contributed by atoms with E-state index in [1.165, 1.54) is 30.3 Å². The summed E-state index contributed by atoms with van der Waals surface area (Å²) in [5.74, 6) is -2.37. The highest BCUT2D eigenvalue weighted by atomic mass is 16.6. The Bertz CT molecular complexity index is 770. The Morgan fingerprint density at radius 3 is 2.27 bits per heavy atom. The average molecular weight is 303 g/mol. The number of carboxylic acids is 2. The Balaban J connectivity index is 2.36. The van der Waals surface area contributed by atoms with Crippen LogP contribution in [0, 0.1) is 10.1 Å². The molecule has 0 heterocycles. The number of nitro groups is 1. The van der Waals surface area contributed by atoms with Crippen LogP contribution < -0.4 is 4.74 Å². The van der Waals surface area contributed by atoms with E-state index >= 15 is 0 Å². The maximum absolute atomic E-state index is 10.9. The second kappa shape index (κ2) is 5.92. The minimum absolute atomic E-state index is 0.00541. The second-order valence-electron chi connectivity index (χ2n) is 4.18. The predicted molar refractivity (Wildman–Crippen MR) is 73.5 cm³/mol. The molecule has 0 fully saturated rings. The smallest absolute Gasteiger partial charge is 0.342 e. The third-order valence-corrected chi connectivity index (χ3v) is 2.71. The van der Waals surface area contributed by atoms with Crippen molar-refractivity contribution in [2.75, 3.05) is 0 Å². The number of aromatic carboxylic acids is 2. The summed E-state index contributed by atoms with van der Waals surface area (Å²) in [4.78, 5) is 31.8. The molecule has 0 atom stereocenters. The van der Waals surface area contributed by atoms with Gasteiger partial charge in [-0.05, 0) is 30.3 Å². The fourth-order valence-corrected chi connectivity index (χ4v) is 1.74. The summed E-state index contributed by atoms with van der Waals surface area (Å²) in [6, 6.07) is 8.82. The quantitative estimate of drug-likeness (QED) is 0.642. The van der Waals surface area contributed by atoms with Gasteiger partial charge in [0.15, 0.2) is 0 Å². The third-order valence-electron chi connectivity index (χ3n) is 2.71. The van der Waals surface area contributed by atoms with Gasteiger partial charge in [0.1, 0.15) is 17.1 Å². The van der Waals surface area contributed by atoms with E-state index in [9.17, 15) is 19.7 Å². The van der Waals surface area contributed by atoms with Crippen LogP contribution in [0.5, 0.6) is 11.5 Å². The first kappa shape index (κ1) is 15.0. The van der Waals surface area contributed by atoms with E-state index in [4.69, 9.17) is 14.9 Å². The Hall–Kier alpha value is -3.42. The van der Waals surface area contributed by atoms with Gasteiger partial charge in [0.2, 0.25) is 0 Å². The normalized spacial score (nSPS) is 10.0. The van der Waals surface area contributed by atoms with Crippen molar-refractivity contribution in [1.29, 1.82) is 0 Å². The van der Waals surface area contributed by atoms with Crippen molar-refractivity contribution in [3.63, 3.8) is 0 Å². The molecule has 22 heavy (non-hydrogen) atoms. The van der Waals surface area contributed by atoms with Crippen LogP contribution in [0.1, 0.15) is 20.7 Å². The highest BCUT2D eigenvalue weighted by Crippen LogP contribution is 2.28. The number of nitro benzene ring substituents is 1. The van der Waals surface area contributed by atoms with Crippen LogP contribution in [0.4, 0.5) is 5.69 Å². The fraction of sp³-hybridized carbons (Fsp3) is 0. The van der Waals surface area contributed by atoms with Crippen molar-refractivity contribution >= 4 is 17.6 Å². The number of hydrogen-bond donors (Lipinski definition) is 2. The standard InChI is InChI=1S/C14H9NO7/c16-13(17)8-2-1-3-9(6-8)22-10-4-5-11(14(18)19)12(7-10)15(20)21/h1-7H,(H,16,17)(H,18,19). The van der Waals surface area contributed by atoms with Crippen LogP contribution >= 0.6 is 0 Å². The molecule has 2 rings (SSSR count). The van der Waals surface area contributed by atoms with E-state index in [1.807, 2.05) is 0 Å².